The monoisotopic (exact) mass is 322 g/mol. The normalized spacial score (nSPS) is 22.6. The standard InChI is InChI=1S/C16H26N4OS/c17-8-2-1-5-14(16(18)21)20-11-13-6-7-15(22-13)12-4-3-9-19-10-12/h3-4,9-10,13-15,20H,1-2,5-8,11,17H2,(H2,18,21)/t13?,14-,15?/m0/s1. The smallest absolute Gasteiger partial charge is 0.234 e. The lowest BCUT2D eigenvalue weighted by atomic mass is 10.1. The van der Waals surface area contributed by atoms with Crippen LogP contribution < -0.4 is 16.8 Å². The van der Waals surface area contributed by atoms with Gasteiger partial charge in [-0.15, -0.1) is 11.8 Å². The molecule has 0 aromatic carbocycles. The van der Waals surface area contributed by atoms with Crippen LogP contribution in [0.5, 0.6) is 0 Å². The lowest BCUT2D eigenvalue weighted by Gasteiger charge is -2.18. The van der Waals surface area contributed by atoms with Crippen LogP contribution in [0.4, 0.5) is 0 Å². The fourth-order valence-electron chi connectivity index (χ4n) is 2.78. The van der Waals surface area contributed by atoms with E-state index in [0.29, 0.717) is 17.0 Å². The van der Waals surface area contributed by atoms with E-state index < -0.39 is 0 Å². The molecular formula is C16H26N4OS. The maximum Gasteiger partial charge on any atom is 0.234 e. The molecule has 5 N–H and O–H groups in total. The lowest BCUT2D eigenvalue weighted by Crippen LogP contribution is -2.43. The first-order valence-electron chi connectivity index (χ1n) is 7.99. The summed E-state index contributed by atoms with van der Waals surface area (Å²) >= 11 is 1.97. The van der Waals surface area contributed by atoms with Gasteiger partial charge in [0, 0.05) is 29.4 Å². The van der Waals surface area contributed by atoms with Gasteiger partial charge >= 0.3 is 0 Å². The van der Waals surface area contributed by atoms with Crippen molar-refractivity contribution in [2.75, 3.05) is 13.1 Å². The van der Waals surface area contributed by atoms with Gasteiger partial charge in [-0.2, -0.15) is 0 Å². The first-order valence-corrected chi connectivity index (χ1v) is 8.93. The van der Waals surface area contributed by atoms with Crippen LogP contribution in [0.1, 0.15) is 42.9 Å². The Kier molecular flexibility index (Phi) is 7.15. The van der Waals surface area contributed by atoms with Crippen LogP contribution in [0.2, 0.25) is 0 Å². The summed E-state index contributed by atoms with van der Waals surface area (Å²) < 4.78 is 0. The molecule has 1 fully saturated rings. The van der Waals surface area contributed by atoms with Gasteiger partial charge in [0.05, 0.1) is 6.04 Å². The molecule has 1 saturated heterocycles. The third-order valence-corrected chi connectivity index (χ3v) is 5.67. The van der Waals surface area contributed by atoms with Crippen LogP contribution >= 0.6 is 11.8 Å². The third kappa shape index (κ3) is 5.26. The van der Waals surface area contributed by atoms with Gasteiger partial charge in [0.1, 0.15) is 0 Å². The van der Waals surface area contributed by atoms with E-state index in [1.165, 1.54) is 5.56 Å². The minimum atomic E-state index is -0.260. The number of hydrogen-bond acceptors (Lipinski definition) is 5. The van der Waals surface area contributed by atoms with E-state index in [-0.39, 0.29) is 11.9 Å². The predicted octanol–water partition coefficient (Wildman–Crippen LogP) is 1.59. The summed E-state index contributed by atoms with van der Waals surface area (Å²) in [6, 6.07) is 3.89. The van der Waals surface area contributed by atoms with Crippen LogP contribution in [0.3, 0.4) is 0 Å². The zero-order chi connectivity index (χ0) is 15.8. The fraction of sp³-hybridized carbons (Fsp3) is 0.625. The molecule has 122 valence electrons. The number of nitrogens with one attached hydrogen (secondary N) is 1. The van der Waals surface area contributed by atoms with Crippen LogP contribution in [0, 0.1) is 0 Å². The summed E-state index contributed by atoms with van der Waals surface area (Å²) in [6.07, 6.45) is 8.73. The third-order valence-electron chi connectivity index (χ3n) is 4.05. The number of rotatable bonds is 9. The lowest BCUT2D eigenvalue weighted by molar-refractivity contribution is -0.120. The Balaban J connectivity index is 1.75. The van der Waals surface area contributed by atoms with Crippen molar-refractivity contribution >= 4 is 17.7 Å². The number of unbranched alkanes of at least 4 members (excludes halogenated alkanes) is 1. The number of nitrogens with two attached hydrogens (primary N) is 2. The Morgan fingerprint density at radius 3 is 3.00 bits per heavy atom. The predicted molar refractivity (Wildman–Crippen MR) is 91.5 cm³/mol. The second-order valence-electron chi connectivity index (χ2n) is 5.76. The van der Waals surface area contributed by atoms with E-state index in [2.05, 4.69) is 16.4 Å². The van der Waals surface area contributed by atoms with Gasteiger partial charge in [-0.3, -0.25) is 9.78 Å². The van der Waals surface area contributed by atoms with Gasteiger partial charge in [0.25, 0.3) is 0 Å². The second-order valence-corrected chi connectivity index (χ2v) is 7.27. The molecule has 2 rings (SSSR count). The van der Waals surface area contributed by atoms with Crippen molar-refractivity contribution in [1.82, 2.24) is 10.3 Å². The number of hydrogen-bond donors (Lipinski definition) is 3. The largest absolute Gasteiger partial charge is 0.368 e. The van der Waals surface area contributed by atoms with Crippen LogP contribution in [0.25, 0.3) is 0 Å². The fourth-order valence-corrected chi connectivity index (χ4v) is 4.28. The molecular weight excluding hydrogens is 296 g/mol. The number of aromatic nitrogens is 1. The molecule has 1 amide bonds. The highest BCUT2D eigenvalue weighted by molar-refractivity contribution is 8.00. The highest BCUT2D eigenvalue weighted by Gasteiger charge is 2.27. The van der Waals surface area contributed by atoms with E-state index in [0.717, 1.165) is 38.6 Å². The highest BCUT2D eigenvalue weighted by Crippen LogP contribution is 2.44. The summed E-state index contributed by atoms with van der Waals surface area (Å²) in [6.45, 7) is 1.49. The average molecular weight is 322 g/mol. The van der Waals surface area contributed by atoms with Crippen molar-refractivity contribution < 1.29 is 4.79 Å². The zero-order valence-corrected chi connectivity index (χ0v) is 13.7. The SMILES string of the molecule is NCCCC[C@H](NCC1CCC(c2cccnc2)S1)C(N)=O. The first-order chi connectivity index (χ1) is 10.7. The number of carbonyl (C=O) groups is 1. The van der Waals surface area contributed by atoms with Crippen molar-refractivity contribution in [3.63, 3.8) is 0 Å². The summed E-state index contributed by atoms with van der Waals surface area (Å²) in [5.74, 6) is -0.260. The van der Waals surface area contributed by atoms with Gasteiger partial charge in [-0.1, -0.05) is 12.5 Å². The van der Waals surface area contributed by atoms with Crippen LogP contribution in [-0.4, -0.2) is 35.3 Å². The molecule has 1 aromatic heterocycles. The van der Waals surface area contributed by atoms with E-state index in [9.17, 15) is 4.79 Å². The molecule has 1 aliphatic rings. The number of carbonyl (C=O) groups excluding carboxylic acids is 1. The van der Waals surface area contributed by atoms with E-state index in [4.69, 9.17) is 11.5 Å². The molecule has 22 heavy (non-hydrogen) atoms. The molecule has 2 heterocycles. The maximum absolute atomic E-state index is 11.5. The molecule has 0 spiro atoms. The molecule has 0 aliphatic carbocycles. The summed E-state index contributed by atoms with van der Waals surface area (Å²) in [5.41, 5.74) is 12.3. The maximum atomic E-state index is 11.5. The molecule has 1 aliphatic heterocycles. The van der Waals surface area contributed by atoms with Gasteiger partial charge < -0.3 is 16.8 Å². The van der Waals surface area contributed by atoms with Crippen LogP contribution in [0.15, 0.2) is 24.5 Å². The topological polar surface area (TPSA) is 94.0 Å². The van der Waals surface area contributed by atoms with Gasteiger partial charge in [0.15, 0.2) is 0 Å². The minimum absolute atomic E-state index is 0.232. The minimum Gasteiger partial charge on any atom is -0.368 e. The van der Waals surface area contributed by atoms with E-state index in [1.54, 1.807) is 6.20 Å². The van der Waals surface area contributed by atoms with E-state index in [1.807, 2.05) is 24.0 Å². The molecule has 3 atom stereocenters. The summed E-state index contributed by atoms with van der Waals surface area (Å²) in [5, 5.41) is 4.39. The molecule has 0 radical (unpaired) electrons. The summed E-state index contributed by atoms with van der Waals surface area (Å²) in [7, 11) is 0. The second kappa shape index (κ2) is 9.12. The van der Waals surface area contributed by atoms with Crippen molar-refractivity contribution in [2.24, 2.45) is 11.5 Å². The Bertz CT molecular complexity index is 457. The quantitative estimate of drug-likeness (QED) is 0.600. The van der Waals surface area contributed by atoms with Gasteiger partial charge in [-0.25, -0.2) is 0 Å². The summed E-state index contributed by atoms with van der Waals surface area (Å²) in [4.78, 5) is 15.7. The molecule has 2 unspecified atom stereocenters. The Hall–Kier alpha value is -1.11. The Labute approximate surface area is 136 Å². The zero-order valence-electron chi connectivity index (χ0n) is 12.9. The van der Waals surface area contributed by atoms with E-state index >= 15 is 0 Å². The Morgan fingerprint density at radius 2 is 2.32 bits per heavy atom. The van der Waals surface area contributed by atoms with Gasteiger partial charge in [-0.05, 0) is 43.9 Å². The van der Waals surface area contributed by atoms with Crippen LogP contribution in [-0.2, 0) is 4.79 Å². The molecule has 1 aromatic rings. The highest BCUT2D eigenvalue weighted by atomic mass is 32.2. The Morgan fingerprint density at radius 1 is 1.45 bits per heavy atom. The number of thioether (sulfide) groups is 1. The molecule has 0 bridgehead atoms. The number of amides is 1. The number of nitrogens with zero attached hydrogens (tertiary/aromatic N) is 1. The molecule has 0 saturated carbocycles. The number of pyridine rings is 1. The van der Waals surface area contributed by atoms with Crippen molar-refractivity contribution in [3.8, 4) is 0 Å². The first kappa shape index (κ1) is 17.2. The number of primary amides is 1. The van der Waals surface area contributed by atoms with Crippen molar-refractivity contribution in [1.29, 1.82) is 0 Å². The molecule has 5 nitrogen and oxygen atoms in total. The average Bonchev–Trinajstić information content (AvgIpc) is 3.00. The van der Waals surface area contributed by atoms with Crippen molar-refractivity contribution in [2.45, 2.75) is 48.6 Å². The molecule has 6 heteroatoms. The van der Waals surface area contributed by atoms with Crippen molar-refractivity contribution in [3.05, 3.63) is 30.1 Å². The van der Waals surface area contributed by atoms with Gasteiger partial charge in [0.2, 0.25) is 5.91 Å².